The fraction of sp³-hybridized carbons (Fsp3) is 0.632. The molecule has 0 unspecified atom stereocenters. The first-order valence-electron chi connectivity index (χ1n) is 9.26. The molecule has 25 heavy (non-hydrogen) atoms. The summed E-state index contributed by atoms with van der Waals surface area (Å²) in [5.74, 6) is 0.622. The quantitative estimate of drug-likeness (QED) is 0.825. The summed E-state index contributed by atoms with van der Waals surface area (Å²) in [4.78, 5) is 19.2. The maximum absolute atomic E-state index is 12.6. The summed E-state index contributed by atoms with van der Waals surface area (Å²) in [5.41, 5.74) is 2.45. The van der Waals surface area contributed by atoms with Gasteiger partial charge >= 0.3 is 6.09 Å². The van der Waals surface area contributed by atoms with Crippen LogP contribution in [0.5, 0.6) is 0 Å². The van der Waals surface area contributed by atoms with Crippen molar-refractivity contribution in [3.05, 3.63) is 29.7 Å². The molecular weight excluding hydrogens is 316 g/mol. The number of ether oxygens (including phenoxy) is 1. The van der Waals surface area contributed by atoms with Crippen LogP contribution in [-0.4, -0.2) is 37.7 Å². The number of rotatable bonds is 2. The average molecular weight is 342 g/mol. The smallest absolute Gasteiger partial charge is 0.410 e. The van der Waals surface area contributed by atoms with Gasteiger partial charge in [-0.05, 0) is 58.9 Å². The van der Waals surface area contributed by atoms with Crippen molar-refractivity contribution in [2.75, 3.05) is 6.54 Å². The van der Waals surface area contributed by atoms with Crippen molar-refractivity contribution < 1.29 is 9.53 Å². The van der Waals surface area contributed by atoms with E-state index in [1.54, 1.807) is 0 Å². The topological polar surface area (TPSA) is 59.7 Å². The highest BCUT2D eigenvalue weighted by Gasteiger charge is 2.33. The minimum Gasteiger partial charge on any atom is -0.444 e. The molecule has 0 bridgehead atoms. The first-order chi connectivity index (χ1) is 11.9. The molecule has 1 saturated carbocycles. The maximum Gasteiger partial charge on any atom is 0.410 e. The van der Waals surface area contributed by atoms with Gasteiger partial charge in [0.05, 0.1) is 11.7 Å². The first-order valence-corrected chi connectivity index (χ1v) is 9.26. The van der Waals surface area contributed by atoms with Crippen LogP contribution in [0.25, 0.3) is 5.65 Å². The van der Waals surface area contributed by atoms with Crippen LogP contribution < -0.4 is 0 Å². The van der Waals surface area contributed by atoms with Crippen molar-refractivity contribution in [2.24, 2.45) is 0 Å². The third kappa shape index (κ3) is 3.48. The molecule has 1 atom stereocenters. The van der Waals surface area contributed by atoms with Crippen LogP contribution in [-0.2, 0) is 4.74 Å². The number of hydrogen-bond acceptors (Lipinski definition) is 4. The van der Waals surface area contributed by atoms with Crippen LogP contribution >= 0.6 is 0 Å². The van der Waals surface area contributed by atoms with Gasteiger partial charge in [-0.3, -0.25) is 4.90 Å². The molecule has 1 saturated heterocycles. The SMILES string of the molecule is CC(C)(C)OC(=O)N1CCCC[C@H]1c1cc2nc(C3CC3)ccn2n1. The number of hydrogen-bond donors (Lipinski definition) is 0. The van der Waals surface area contributed by atoms with Crippen molar-refractivity contribution in [3.8, 4) is 0 Å². The van der Waals surface area contributed by atoms with E-state index < -0.39 is 5.60 Å². The summed E-state index contributed by atoms with van der Waals surface area (Å²) >= 11 is 0. The molecule has 4 rings (SSSR count). The van der Waals surface area contributed by atoms with Gasteiger partial charge in [-0.2, -0.15) is 5.10 Å². The van der Waals surface area contributed by atoms with E-state index >= 15 is 0 Å². The molecule has 2 aromatic rings. The Morgan fingerprint density at radius 2 is 2.00 bits per heavy atom. The summed E-state index contributed by atoms with van der Waals surface area (Å²) in [6, 6.07) is 4.06. The predicted molar refractivity (Wildman–Crippen MR) is 94.5 cm³/mol. The highest BCUT2D eigenvalue weighted by atomic mass is 16.6. The van der Waals surface area contributed by atoms with Crippen molar-refractivity contribution in [2.45, 2.75) is 70.4 Å². The number of likely N-dealkylation sites (tertiary alicyclic amines) is 1. The lowest BCUT2D eigenvalue weighted by Gasteiger charge is -2.35. The number of aromatic nitrogens is 3. The zero-order chi connectivity index (χ0) is 17.6. The molecule has 0 radical (unpaired) electrons. The number of amides is 1. The van der Waals surface area contributed by atoms with Crippen molar-refractivity contribution in [1.82, 2.24) is 19.5 Å². The van der Waals surface area contributed by atoms with Gasteiger partial charge in [0.2, 0.25) is 0 Å². The second-order valence-corrected chi connectivity index (χ2v) is 8.18. The second-order valence-electron chi connectivity index (χ2n) is 8.18. The average Bonchev–Trinajstić information content (AvgIpc) is 3.32. The maximum atomic E-state index is 12.6. The third-order valence-electron chi connectivity index (χ3n) is 4.83. The molecule has 134 valence electrons. The van der Waals surface area contributed by atoms with Gasteiger partial charge in [0.25, 0.3) is 0 Å². The Bertz CT molecular complexity index is 788. The summed E-state index contributed by atoms with van der Waals surface area (Å²) < 4.78 is 7.42. The highest BCUT2D eigenvalue weighted by Crippen LogP contribution is 2.39. The Labute approximate surface area is 148 Å². The number of piperidine rings is 1. The van der Waals surface area contributed by atoms with E-state index in [0.717, 1.165) is 36.3 Å². The van der Waals surface area contributed by atoms with E-state index in [9.17, 15) is 4.79 Å². The highest BCUT2D eigenvalue weighted by molar-refractivity contribution is 5.69. The van der Waals surface area contributed by atoms with Crippen LogP contribution in [0.1, 0.15) is 76.2 Å². The van der Waals surface area contributed by atoms with Gasteiger partial charge < -0.3 is 4.74 Å². The first kappa shape index (κ1) is 16.4. The molecule has 1 amide bonds. The molecular formula is C19H26N4O2. The van der Waals surface area contributed by atoms with Gasteiger partial charge in [-0.1, -0.05) is 0 Å². The Kier molecular flexibility index (Phi) is 3.93. The number of fused-ring (bicyclic) bond motifs is 1. The van der Waals surface area contributed by atoms with Gasteiger partial charge in [-0.25, -0.2) is 14.3 Å². The minimum absolute atomic E-state index is 0.0327. The standard InChI is InChI=1S/C19H26N4O2/c1-19(2,3)25-18(24)22-10-5-4-6-16(22)15-12-17-20-14(13-7-8-13)9-11-23(17)21-15/h9,11-13,16H,4-8,10H2,1-3H3/t16-/m0/s1. The largest absolute Gasteiger partial charge is 0.444 e. The molecule has 6 heteroatoms. The van der Waals surface area contributed by atoms with Crippen LogP contribution in [0.15, 0.2) is 18.3 Å². The Morgan fingerprint density at radius 1 is 1.20 bits per heavy atom. The lowest BCUT2D eigenvalue weighted by Crippen LogP contribution is -2.42. The van der Waals surface area contributed by atoms with Crippen molar-refractivity contribution in [1.29, 1.82) is 0 Å². The monoisotopic (exact) mass is 342 g/mol. The van der Waals surface area contributed by atoms with E-state index in [1.807, 2.05) is 42.4 Å². The van der Waals surface area contributed by atoms with Gasteiger partial charge in [0.1, 0.15) is 5.60 Å². The molecule has 1 aliphatic carbocycles. The van der Waals surface area contributed by atoms with Gasteiger partial charge in [-0.15, -0.1) is 0 Å². The molecule has 2 aliphatic rings. The second kappa shape index (κ2) is 6.00. The lowest BCUT2D eigenvalue weighted by atomic mass is 10.00. The van der Waals surface area contributed by atoms with Crippen molar-refractivity contribution >= 4 is 11.7 Å². The third-order valence-corrected chi connectivity index (χ3v) is 4.83. The number of carbonyl (C=O) groups is 1. The number of carbonyl (C=O) groups excluding carboxylic acids is 1. The minimum atomic E-state index is -0.487. The summed E-state index contributed by atoms with van der Waals surface area (Å²) in [6.45, 7) is 6.42. The Morgan fingerprint density at radius 3 is 2.72 bits per heavy atom. The molecule has 0 spiro atoms. The zero-order valence-electron chi connectivity index (χ0n) is 15.2. The molecule has 0 aromatic carbocycles. The fourth-order valence-electron chi connectivity index (χ4n) is 3.46. The summed E-state index contributed by atoms with van der Waals surface area (Å²) in [6.07, 6.45) is 7.23. The number of nitrogens with zero attached hydrogens (tertiary/aromatic N) is 4. The van der Waals surface area contributed by atoms with Crippen LogP contribution in [0, 0.1) is 0 Å². The molecule has 2 aromatic heterocycles. The Hall–Kier alpha value is -2.11. The van der Waals surface area contributed by atoms with E-state index in [-0.39, 0.29) is 12.1 Å². The van der Waals surface area contributed by atoms with Crippen molar-refractivity contribution in [3.63, 3.8) is 0 Å². The lowest BCUT2D eigenvalue weighted by molar-refractivity contribution is 0.00898. The molecule has 2 fully saturated rings. The fourth-order valence-corrected chi connectivity index (χ4v) is 3.46. The molecule has 6 nitrogen and oxygen atoms in total. The van der Waals surface area contributed by atoms with E-state index in [0.29, 0.717) is 12.5 Å². The molecule has 1 aliphatic heterocycles. The zero-order valence-corrected chi connectivity index (χ0v) is 15.2. The Balaban J connectivity index is 1.61. The van der Waals surface area contributed by atoms with E-state index in [1.165, 1.54) is 12.8 Å². The predicted octanol–water partition coefficient (Wildman–Crippen LogP) is 4.07. The molecule has 0 N–H and O–H groups in total. The normalized spacial score (nSPS) is 21.6. The van der Waals surface area contributed by atoms with Gasteiger partial charge in [0.15, 0.2) is 5.65 Å². The van der Waals surface area contributed by atoms with E-state index in [4.69, 9.17) is 14.8 Å². The summed E-state index contributed by atoms with van der Waals surface area (Å²) in [5, 5.41) is 4.69. The van der Waals surface area contributed by atoms with Crippen LogP contribution in [0.3, 0.4) is 0 Å². The molecule has 3 heterocycles. The van der Waals surface area contributed by atoms with Crippen LogP contribution in [0.2, 0.25) is 0 Å². The summed E-state index contributed by atoms with van der Waals surface area (Å²) in [7, 11) is 0. The van der Waals surface area contributed by atoms with E-state index in [2.05, 4.69) is 6.07 Å². The van der Waals surface area contributed by atoms with Crippen LogP contribution in [0.4, 0.5) is 4.79 Å². The van der Waals surface area contributed by atoms with Gasteiger partial charge in [0, 0.05) is 30.4 Å².